The number of aliphatic imine (C=N–C) groups is 2. The van der Waals surface area contributed by atoms with Crippen LogP contribution in [0.1, 0.15) is 16.6 Å². The smallest absolute Gasteiger partial charge is 0.306 e. The largest absolute Gasteiger partial charge is 0.412 e. The molecule has 1 aromatic heterocycles. The van der Waals surface area contributed by atoms with Crippen LogP contribution in [-0.4, -0.2) is 28.2 Å². The van der Waals surface area contributed by atoms with E-state index in [0.717, 1.165) is 5.70 Å². The van der Waals surface area contributed by atoms with Crippen LogP contribution in [0.2, 0.25) is 0 Å². The summed E-state index contributed by atoms with van der Waals surface area (Å²) in [6.45, 7) is 0. The number of fused-ring (bicyclic) bond motifs is 1. The van der Waals surface area contributed by atoms with Gasteiger partial charge in [0.1, 0.15) is 0 Å². The van der Waals surface area contributed by atoms with E-state index in [1.807, 2.05) is 0 Å². The molecule has 8 nitrogen and oxygen atoms in total. The maximum atomic E-state index is 10.9. The predicted molar refractivity (Wildman–Crippen MR) is 67.1 cm³/mol. The number of hydrogen-bond acceptors (Lipinski definition) is 7. The summed E-state index contributed by atoms with van der Waals surface area (Å²) in [6.07, 6.45) is 8.33. The van der Waals surface area contributed by atoms with Gasteiger partial charge in [0, 0.05) is 18.6 Å². The Balaban J connectivity index is 1.96. The number of nitrogens with one attached hydrogen (secondary N) is 1. The lowest BCUT2D eigenvalue weighted by Crippen LogP contribution is -2.15. The lowest BCUT2D eigenvalue weighted by atomic mass is 10.2. The Kier molecular flexibility index (Phi) is 2.53. The fourth-order valence-corrected chi connectivity index (χ4v) is 1.51. The molecule has 0 aliphatic carbocycles. The maximum absolute atomic E-state index is 10.9. The van der Waals surface area contributed by atoms with Crippen molar-refractivity contribution in [2.45, 2.75) is 0 Å². The summed E-state index contributed by atoms with van der Waals surface area (Å²) in [6, 6.07) is 0. The van der Waals surface area contributed by atoms with E-state index in [1.165, 1.54) is 6.21 Å². The molecule has 0 spiro atoms. The lowest BCUT2D eigenvalue weighted by molar-refractivity contribution is 0.0966. The molecule has 3 rings (SSSR count). The van der Waals surface area contributed by atoms with Crippen molar-refractivity contribution in [2.24, 2.45) is 15.7 Å². The van der Waals surface area contributed by atoms with Crippen LogP contribution in [0.25, 0.3) is 5.57 Å². The van der Waals surface area contributed by atoms with Crippen LogP contribution in [0, 0.1) is 0 Å². The minimum Gasteiger partial charge on any atom is -0.412 e. The summed E-state index contributed by atoms with van der Waals surface area (Å²) in [4.78, 5) is 19.2. The van der Waals surface area contributed by atoms with Gasteiger partial charge in [-0.25, -0.2) is 9.98 Å². The quantitative estimate of drug-likeness (QED) is 0.771. The number of amides is 1. The molecule has 3 N–H and O–H groups in total. The van der Waals surface area contributed by atoms with Crippen molar-refractivity contribution in [1.82, 2.24) is 15.5 Å². The van der Waals surface area contributed by atoms with Gasteiger partial charge in [-0.2, -0.15) is 0 Å². The predicted octanol–water partition coefficient (Wildman–Crippen LogP) is -0.00690. The van der Waals surface area contributed by atoms with Gasteiger partial charge in [0.2, 0.25) is 5.89 Å². The van der Waals surface area contributed by atoms with Gasteiger partial charge >= 0.3 is 11.8 Å². The van der Waals surface area contributed by atoms with Gasteiger partial charge in [-0.15, -0.1) is 10.2 Å². The van der Waals surface area contributed by atoms with Crippen molar-refractivity contribution in [3.05, 3.63) is 42.0 Å². The van der Waals surface area contributed by atoms with Crippen LogP contribution >= 0.6 is 0 Å². The van der Waals surface area contributed by atoms with Gasteiger partial charge in [0.25, 0.3) is 0 Å². The summed E-state index contributed by atoms with van der Waals surface area (Å²) in [5.41, 5.74) is 6.36. The molecule has 0 unspecified atom stereocenters. The van der Waals surface area contributed by atoms with E-state index >= 15 is 0 Å². The minimum atomic E-state index is -0.771. The van der Waals surface area contributed by atoms with Gasteiger partial charge in [-0.3, -0.25) is 4.79 Å². The van der Waals surface area contributed by atoms with Crippen LogP contribution in [0.15, 0.2) is 44.7 Å². The molecule has 0 bridgehead atoms. The number of nitrogens with zero attached hydrogens (tertiary/aromatic N) is 4. The van der Waals surface area contributed by atoms with Crippen LogP contribution in [0.4, 0.5) is 0 Å². The number of amidine groups is 1. The number of hydrogen-bond donors (Lipinski definition) is 2. The Morgan fingerprint density at radius 3 is 3.00 bits per heavy atom. The van der Waals surface area contributed by atoms with E-state index in [9.17, 15) is 4.79 Å². The maximum Gasteiger partial charge on any atom is 0.306 e. The zero-order valence-corrected chi connectivity index (χ0v) is 9.57. The van der Waals surface area contributed by atoms with Crippen molar-refractivity contribution in [3.8, 4) is 0 Å². The summed E-state index contributed by atoms with van der Waals surface area (Å²) < 4.78 is 5.13. The van der Waals surface area contributed by atoms with Crippen LogP contribution in [0.5, 0.6) is 0 Å². The van der Waals surface area contributed by atoms with Gasteiger partial charge in [0.05, 0.1) is 11.3 Å². The van der Waals surface area contributed by atoms with Crippen LogP contribution in [0.3, 0.4) is 0 Å². The molecule has 94 valence electrons. The number of nitrogens with two attached hydrogens (primary N) is 1. The molecule has 2 aliphatic rings. The van der Waals surface area contributed by atoms with E-state index in [0.29, 0.717) is 11.4 Å². The Bertz CT molecular complexity index is 692. The molecule has 19 heavy (non-hydrogen) atoms. The van der Waals surface area contributed by atoms with Crippen molar-refractivity contribution in [3.63, 3.8) is 0 Å². The Morgan fingerprint density at radius 1 is 1.32 bits per heavy atom. The topological polar surface area (TPSA) is 119 Å². The highest BCUT2D eigenvalue weighted by Crippen LogP contribution is 2.15. The number of carbonyl (C=O) groups excluding carboxylic acids is 1. The highest BCUT2D eigenvalue weighted by atomic mass is 16.4. The molecular formula is C11H8N6O2. The van der Waals surface area contributed by atoms with E-state index in [1.54, 1.807) is 24.6 Å². The third-order valence-corrected chi connectivity index (χ3v) is 2.39. The van der Waals surface area contributed by atoms with Crippen LogP contribution in [-0.2, 0) is 0 Å². The zero-order chi connectivity index (χ0) is 13.2. The molecule has 0 atom stereocenters. The third-order valence-electron chi connectivity index (χ3n) is 2.39. The van der Waals surface area contributed by atoms with Crippen molar-refractivity contribution >= 4 is 23.5 Å². The first-order valence-corrected chi connectivity index (χ1v) is 5.33. The molecule has 8 heteroatoms. The monoisotopic (exact) mass is 256 g/mol. The molecule has 0 saturated heterocycles. The highest BCUT2D eigenvalue weighted by Gasteiger charge is 2.16. The van der Waals surface area contributed by atoms with E-state index < -0.39 is 5.91 Å². The van der Waals surface area contributed by atoms with E-state index in [2.05, 4.69) is 25.5 Å². The van der Waals surface area contributed by atoms with Gasteiger partial charge < -0.3 is 15.5 Å². The summed E-state index contributed by atoms with van der Waals surface area (Å²) >= 11 is 0. The highest BCUT2D eigenvalue weighted by molar-refractivity contribution is 6.17. The Labute approximate surface area is 107 Å². The summed E-state index contributed by atoms with van der Waals surface area (Å²) in [5.74, 6) is -0.298. The second-order valence-corrected chi connectivity index (χ2v) is 3.65. The van der Waals surface area contributed by atoms with Gasteiger partial charge in [0.15, 0.2) is 5.84 Å². The summed E-state index contributed by atoms with van der Waals surface area (Å²) in [7, 11) is 0. The second kappa shape index (κ2) is 4.33. The fraction of sp³-hybridized carbons (Fsp3) is 0. The molecular weight excluding hydrogens is 248 g/mol. The molecule has 2 aliphatic heterocycles. The molecule has 1 aromatic rings. The third kappa shape index (κ3) is 2.06. The first kappa shape index (κ1) is 11.1. The standard InChI is InChI=1S/C11H8N6O2/c12-8(18)11-17-16-10(19-11)6-1-2-7-9(15-5-6)14-4-3-13-7/h1-5,13H,(H2,12,18). The normalized spacial score (nSPS) is 16.7. The first-order chi connectivity index (χ1) is 9.24. The Hall–Kier alpha value is -3.03. The minimum absolute atomic E-state index is 0.168. The number of aromatic nitrogens is 2. The Morgan fingerprint density at radius 2 is 2.21 bits per heavy atom. The molecule has 0 radical (unpaired) electrons. The number of allylic oxidation sites excluding steroid dienone is 3. The molecule has 0 fully saturated rings. The molecule has 1 amide bonds. The van der Waals surface area contributed by atoms with Crippen molar-refractivity contribution < 1.29 is 9.21 Å². The zero-order valence-electron chi connectivity index (χ0n) is 9.57. The van der Waals surface area contributed by atoms with E-state index in [4.69, 9.17) is 10.2 Å². The SMILES string of the molecule is NC(=O)c1nnc(C2=CC=C3NC=CN=C3N=C2)o1. The lowest BCUT2D eigenvalue weighted by Gasteiger charge is -2.07. The average molecular weight is 256 g/mol. The summed E-state index contributed by atoms with van der Waals surface area (Å²) in [5, 5.41) is 10.3. The van der Waals surface area contributed by atoms with Gasteiger partial charge in [-0.1, -0.05) is 0 Å². The first-order valence-electron chi connectivity index (χ1n) is 5.33. The van der Waals surface area contributed by atoms with E-state index in [-0.39, 0.29) is 11.8 Å². The van der Waals surface area contributed by atoms with Crippen molar-refractivity contribution in [2.75, 3.05) is 0 Å². The fourth-order valence-electron chi connectivity index (χ4n) is 1.51. The molecule has 0 aromatic carbocycles. The second-order valence-electron chi connectivity index (χ2n) is 3.65. The van der Waals surface area contributed by atoms with Crippen LogP contribution < -0.4 is 11.1 Å². The number of primary amides is 1. The number of rotatable bonds is 2. The van der Waals surface area contributed by atoms with Crippen molar-refractivity contribution in [1.29, 1.82) is 0 Å². The molecule has 3 heterocycles. The number of carbonyl (C=O) groups is 1. The average Bonchev–Trinajstić information content (AvgIpc) is 2.80. The van der Waals surface area contributed by atoms with Gasteiger partial charge in [-0.05, 0) is 12.2 Å². The molecule has 0 saturated carbocycles.